The van der Waals surface area contributed by atoms with Crippen molar-refractivity contribution in [3.05, 3.63) is 48.8 Å². The molecule has 0 radical (unpaired) electrons. The van der Waals surface area contributed by atoms with Crippen molar-refractivity contribution in [3.8, 4) is 11.3 Å². The summed E-state index contributed by atoms with van der Waals surface area (Å²) >= 11 is 1.69. The zero-order valence-electron chi connectivity index (χ0n) is 13.6. The van der Waals surface area contributed by atoms with Crippen LogP contribution in [0.2, 0.25) is 0 Å². The van der Waals surface area contributed by atoms with Crippen LogP contribution in [0.3, 0.4) is 0 Å². The molecule has 1 saturated heterocycles. The monoisotopic (exact) mass is 347 g/mol. The van der Waals surface area contributed by atoms with Crippen LogP contribution in [0.5, 0.6) is 0 Å². The van der Waals surface area contributed by atoms with Gasteiger partial charge in [-0.3, -0.25) is 0 Å². The molecule has 0 spiro atoms. The van der Waals surface area contributed by atoms with Gasteiger partial charge in [0.1, 0.15) is 17.0 Å². The number of fused-ring (bicyclic) bond motifs is 3. The molecule has 1 aliphatic heterocycles. The lowest BCUT2D eigenvalue weighted by Crippen LogP contribution is -2.43. The van der Waals surface area contributed by atoms with Gasteiger partial charge in [-0.25, -0.2) is 15.0 Å². The van der Waals surface area contributed by atoms with Crippen LogP contribution in [0.15, 0.2) is 48.8 Å². The Balaban J connectivity index is 1.67. The van der Waals surface area contributed by atoms with Gasteiger partial charge in [0.15, 0.2) is 0 Å². The fourth-order valence-electron chi connectivity index (χ4n) is 3.32. The maximum atomic E-state index is 4.89. The van der Waals surface area contributed by atoms with Gasteiger partial charge >= 0.3 is 0 Å². The molecule has 4 aromatic rings. The second kappa shape index (κ2) is 6.06. The Kier molecular flexibility index (Phi) is 3.57. The Hall–Kier alpha value is -2.57. The normalized spacial score (nSPS) is 15.1. The van der Waals surface area contributed by atoms with Crippen molar-refractivity contribution < 1.29 is 0 Å². The van der Waals surface area contributed by atoms with Crippen molar-refractivity contribution in [2.24, 2.45) is 0 Å². The van der Waals surface area contributed by atoms with E-state index in [1.54, 1.807) is 17.7 Å². The second-order valence-electron chi connectivity index (χ2n) is 6.13. The van der Waals surface area contributed by atoms with Crippen LogP contribution in [0, 0.1) is 0 Å². The quantitative estimate of drug-likeness (QED) is 0.603. The van der Waals surface area contributed by atoms with Crippen LogP contribution < -0.4 is 10.2 Å². The predicted octanol–water partition coefficient (Wildman–Crippen LogP) is 3.32. The maximum absolute atomic E-state index is 4.89. The number of hydrogen-bond acceptors (Lipinski definition) is 6. The van der Waals surface area contributed by atoms with Crippen LogP contribution in [-0.4, -0.2) is 41.1 Å². The van der Waals surface area contributed by atoms with Crippen LogP contribution in [0.1, 0.15) is 0 Å². The minimum atomic E-state index is 0.975. The average molecular weight is 347 g/mol. The molecule has 5 nitrogen and oxygen atoms in total. The number of pyridine rings is 1. The predicted molar refractivity (Wildman–Crippen MR) is 103 cm³/mol. The summed E-state index contributed by atoms with van der Waals surface area (Å²) in [6.45, 7) is 3.94. The lowest BCUT2D eigenvalue weighted by molar-refractivity contribution is 0.586. The highest BCUT2D eigenvalue weighted by Crippen LogP contribution is 2.37. The fourth-order valence-corrected chi connectivity index (χ4v) is 4.46. The van der Waals surface area contributed by atoms with Gasteiger partial charge in [0.25, 0.3) is 0 Å². The summed E-state index contributed by atoms with van der Waals surface area (Å²) in [6, 6.07) is 14.5. The minimum Gasteiger partial charge on any atom is -0.353 e. The smallest absolute Gasteiger partial charge is 0.150 e. The molecule has 0 amide bonds. The Labute approximate surface area is 149 Å². The molecule has 25 heavy (non-hydrogen) atoms. The molecule has 0 unspecified atom stereocenters. The average Bonchev–Trinajstić information content (AvgIpc) is 3.07. The SMILES string of the molecule is c1ccc(-c2ccc3c(n2)sc2c(N4CCNCC4)ncnc23)cc1. The maximum Gasteiger partial charge on any atom is 0.150 e. The highest BCUT2D eigenvalue weighted by Gasteiger charge is 2.18. The lowest BCUT2D eigenvalue weighted by atomic mass is 10.1. The first-order valence-electron chi connectivity index (χ1n) is 8.45. The van der Waals surface area contributed by atoms with E-state index in [4.69, 9.17) is 4.98 Å². The van der Waals surface area contributed by atoms with Crippen molar-refractivity contribution >= 4 is 37.6 Å². The molecule has 0 atom stereocenters. The third-order valence-electron chi connectivity index (χ3n) is 4.59. The Morgan fingerprint density at radius 2 is 1.80 bits per heavy atom. The summed E-state index contributed by atoms with van der Waals surface area (Å²) in [5, 5.41) is 4.50. The van der Waals surface area contributed by atoms with Gasteiger partial charge in [0.2, 0.25) is 0 Å². The van der Waals surface area contributed by atoms with E-state index < -0.39 is 0 Å². The highest BCUT2D eigenvalue weighted by molar-refractivity contribution is 7.25. The molecule has 0 saturated carbocycles. The van der Waals surface area contributed by atoms with Crippen molar-refractivity contribution in [1.29, 1.82) is 0 Å². The highest BCUT2D eigenvalue weighted by atomic mass is 32.1. The molecule has 1 aliphatic rings. The lowest BCUT2D eigenvalue weighted by Gasteiger charge is -2.28. The molecule has 4 heterocycles. The third kappa shape index (κ3) is 2.54. The summed E-state index contributed by atoms with van der Waals surface area (Å²) < 4.78 is 1.14. The number of rotatable bonds is 2. The van der Waals surface area contributed by atoms with E-state index >= 15 is 0 Å². The van der Waals surface area contributed by atoms with E-state index in [0.717, 1.165) is 63.7 Å². The van der Waals surface area contributed by atoms with E-state index in [-0.39, 0.29) is 0 Å². The van der Waals surface area contributed by atoms with Gasteiger partial charge in [-0.1, -0.05) is 30.3 Å². The van der Waals surface area contributed by atoms with Gasteiger partial charge in [-0.2, -0.15) is 0 Å². The molecule has 3 aromatic heterocycles. The van der Waals surface area contributed by atoms with Gasteiger partial charge in [0.05, 0.1) is 15.9 Å². The summed E-state index contributed by atoms with van der Waals surface area (Å²) in [7, 11) is 0. The number of aromatic nitrogens is 3. The molecular weight excluding hydrogens is 330 g/mol. The number of nitrogens with one attached hydrogen (secondary N) is 1. The number of piperazine rings is 1. The van der Waals surface area contributed by atoms with Crippen molar-refractivity contribution in [3.63, 3.8) is 0 Å². The van der Waals surface area contributed by atoms with Gasteiger partial charge < -0.3 is 10.2 Å². The van der Waals surface area contributed by atoms with Gasteiger partial charge in [0, 0.05) is 37.1 Å². The molecule has 0 bridgehead atoms. The molecule has 1 N–H and O–H groups in total. The zero-order chi connectivity index (χ0) is 16.6. The number of hydrogen-bond donors (Lipinski definition) is 1. The van der Waals surface area contributed by atoms with Gasteiger partial charge in [-0.05, 0) is 12.1 Å². The largest absolute Gasteiger partial charge is 0.353 e. The summed E-state index contributed by atoms with van der Waals surface area (Å²) in [6.07, 6.45) is 1.68. The fraction of sp³-hybridized carbons (Fsp3) is 0.211. The first kappa shape index (κ1) is 14.7. The molecule has 0 aliphatic carbocycles. The molecule has 1 fully saturated rings. The third-order valence-corrected chi connectivity index (χ3v) is 5.67. The Bertz CT molecular complexity index is 1040. The van der Waals surface area contributed by atoms with Crippen LogP contribution in [-0.2, 0) is 0 Å². The van der Waals surface area contributed by atoms with E-state index in [9.17, 15) is 0 Å². The second-order valence-corrected chi connectivity index (χ2v) is 7.13. The Morgan fingerprint density at radius 3 is 2.64 bits per heavy atom. The van der Waals surface area contributed by atoms with E-state index in [0.29, 0.717) is 0 Å². The van der Waals surface area contributed by atoms with E-state index in [2.05, 4.69) is 44.5 Å². The molecule has 6 heteroatoms. The first-order valence-corrected chi connectivity index (χ1v) is 9.27. The minimum absolute atomic E-state index is 0.975. The molecule has 1 aromatic carbocycles. The Morgan fingerprint density at radius 1 is 0.960 bits per heavy atom. The number of anilines is 1. The summed E-state index contributed by atoms with van der Waals surface area (Å²) in [5.74, 6) is 1.04. The molecule has 124 valence electrons. The van der Waals surface area contributed by atoms with Crippen LogP contribution in [0.4, 0.5) is 5.82 Å². The zero-order valence-corrected chi connectivity index (χ0v) is 14.5. The van der Waals surface area contributed by atoms with Crippen LogP contribution in [0.25, 0.3) is 31.7 Å². The van der Waals surface area contributed by atoms with Gasteiger partial charge in [-0.15, -0.1) is 11.3 Å². The van der Waals surface area contributed by atoms with Crippen molar-refractivity contribution in [2.75, 3.05) is 31.1 Å². The summed E-state index contributed by atoms with van der Waals surface area (Å²) in [4.78, 5) is 17.4. The van der Waals surface area contributed by atoms with Crippen LogP contribution >= 0.6 is 11.3 Å². The number of thiophene rings is 1. The molecular formula is C19H17N5S. The van der Waals surface area contributed by atoms with E-state index in [1.807, 2.05) is 18.2 Å². The molecule has 5 rings (SSSR count). The number of benzene rings is 1. The summed E-state index contributed by atoms with van der Waals surface area (Å²) in [5.41, 5.74) is 3.14. The van der Waals surface area contributed by atoms with Crippen molar-refractivity contribution in [1.82, 2.24) is 20.3 Å². The first-order chi connectivity index (χ1) is 12.4. The standard InChI is InChI=1S/C19H17N5S/c1-2-4-13(5-3-1)15-7-6-14-16-17(25-19(14)23-15)18(22-12-21-16)24-10-8-20-9-11-24/h1-7,12,20H,8-11H2. The van der Waals surface area contributed by atoms with Crippen molar-refractivity contribution in [2.45, 2.75) is 0 Å². The number of nitrogens with zero attached hydrogens (tertiary/aromatic N) is 4. The van der Waals surface area contributed by atoms with E-state index in [1.165, 1.54) is 0 Å². The topological polar surface area (TPSA) is 53.9 Å².